The number of thioether (sulfide) groups is 1. The highest BCUT2D eigenvalue weighted by atomic mass is 35.5. The van der Waals surface area contributed by atoms with E-state index in [2.05, 4.69) is 0 Å². The summed E-state index contributed by atoms with van der Waals surface area (Å²) in [6.07, 6.45) is 1.42. The summed E-state index contributed by atoms with van der Waals surface area (Å²) in [5, 5.41) is 7.58. The van der Waals surface area contributed by atoms with Crippen LogP contribution in [0.2, 0.25) is 10.0 Å². The molecule has 0 N–H and O–H groups in total. The molecule has 2 heterocycles. The fourth-order valence-corrected chi connectivity index (χ4v) is 4.60. The minimum atomic E-state index is 0.0217. The number of hydrogen-bond donors (Lipinski definition) is 0. The Hall–Kier alpha value is -1.49. The molecule has 4 rings (SSSR count). The summed E-state index contributed by atoms with van der Waals surface area (Å²) in [4.78, 5) is 13.7. The Morgan fingerprint density at radius 2 is 1.83 bits per heavy atom. The minimum absolute atomic E-state index is 0.0217. The van der Waals surface area contributed by atoms with Crippen LogP contribution in [0.1, 0.15) is 18.4 Å². The molecule has 3 nitrogen and oxygen atoms in total. The third-order valence-electron chi connectivity index (χ3n) is 4.27. The summed E-state index contributed by atoms with van der Waals surface area (Å²) in [6.45, 7) is 0. The smallest absolute Gasteiger partial charge is 0.248 e. The molecular weight excluding hydrogens is 363 g/mol. The van der Waals surface area contributed by atoms with Gasteiger partial charge in [0.2, 0.25) is 5.91 Å². The van der Waals surface area contributed by atoms with E-state index in [1.807, 2.05) is 30.3 Å². The number of amides is 1. The van der Waals surface area contributed by atoms with Crippen molar-refractivity contribution in [3.63, 3.8) is 0 Å². The number of carbonyl (C=O) groups excluding carboxylic acids is 1. The van der Waals surface area contributed by atoms with Crippen LogP contribution in [0.3, 0.4) is 0 Å². The SMILES string of the molecule is O=C1CC2CCSc3cc(Cl)ccc3C2=NN1c1ccc(Cl)cc1. The molecule has 122 valence electrons. The molecular formula is C18H14Cl2N2OS. The first-order chi connectivity index (χ1) is 11.6. The van der Waals surface area contributed by atoms with Crippen molar-refractivity contribution in [1.82, 2.24) is 0 Å². The van der Waals surface area contributed by atoms with Gasteiger partial charge in [-0.3, -0.25) is 4.79 Å². The van der Waals surface area contributed by atoms with Crippen LogP contribution in [0.4, 0.5) is 5.69 Å². The van der Waals surface area contributed by atoms with Crippen LogP contribution in [0.5, 0.6) is 0 Å². The predicted molar refractivity (Wildman–Crippen MR) is 100 cm³/mol. The zero-order valence-corrected chi connectivity index (χ0v) is 15.0. The number of halogens is 2. The van der Waals surface area contributed by atoms with E-state index in [0.717, 1.165) is 39.1 Å². The molecule has 0 aliphatic carbocycles. The fourth-order valence-electron chi connectivity index (χ4n) is 3.07. The lowest BCUT2D eigenvalue weighted by Gasteiger charge is -2.28. The molecule has 6 heteroatoms. The number of rotatable bonds is 1. The van der Waals surface area contributed by atoms with Gasteiger partial charge in [0.25, 0.3) is 0 Å². The van der Waals surface area contributed by atoms with E-state index < -0.39 is 0 Å². The first kappa shape index (κ1) is 16.0. The van der Waals surface area contributed by atoms with Crippen LogP contribution in [-0.2, 0) is 4.79 Å². The predicted octanol–water partition coefficient (Wildman–Crippen LogP) is 5.25. The maximum Gasteiger partial charge on any atom is 0.248 e. The van der Waals surface area contributed by atoms with Gasteiger partial charge in [0.15, 0.2) is 0 Å². The highest BCUT2D eigenvalue weighted by Crippen LogP contribution is 2.37. The first-order valence-electron chi connectivity index (χ1n) is 7.71. The summed E-state index contributed by atoms with van der Waals surface area (Å²) in [6, 6.07) is 13.1. The summed E-state index contributed by atoms with van der Waals surface area (Å²) in [5.41, 5.74) is 2.79. The number of carbonyl (C=O) groups is 1. The van der Waals surface area contributed by atoms with Gasteiger partial charge >= 0.3 is 0 Å². The second kappa shape index (κ2) is 6.43. The monoisotopic (exact) mass is 376 g/mol. The molecule has 1 amide bonds. The van der Waals surface area contributed by atoms with E-state index in [1.54, 1.807) is 23.9 Å². The van der Waals surface area contributed by atoms with Crippen LogP contribution in [-0.4, -0.2) is 17.4 Å². The van der Waals surface area contributed by atoms with Crippen molar-refractivity contribution in [2.45, 2.75) is 17.7 Å². The van der Waals surface area contributed by atoms with Crippen molar-refractivity contribution in [3.05, 3.63) is 58.1 Å². The Kier molecular flexibility index (Phi) is 4.29. The summed E-state index contributed by atoms with van der Waals surface area (Å²) in [5.74, 6) is 1.15. The summed E-state index contributed by atoms with van der Waals surface area (Å²) >= 11 is 13.9. The topological polar surface area (TPSA) is 32.7 Å². The number of nitrogens with zero attached hydrogens (tertiary/aromatic N) is 2. The van der Waals surface area contributed by atoms with E-state index in [1.165, 1.54) is 5.01 Å². The lowest BCUT2D eigenvalue weighted by molar-refractivity contribution is -0.119. The van der Waals surface area contributed by atoms with Crippen molar-refractivity contribution < 1.29 is 4.79 Å². The van der Waals surface area contributed by atoms with E-state index in [0.29, 0.717) is 11.4 Å². The highest BCUT2D eigenvalue weighted by molar-refractivity contribution is 7.99. The van der Waals surface area contributed by atoms with Crippen molar-refractivity contribution in [2.75, 3.05) is 10.8 Å². The first-order valence-corrected chi connectivity index (χ1v) is 9.46. The molecule has 2 aromatic rings. The Labute approximate surface area is 154 Å². The molecule has 1 atom stereocenters. The number of hydrazone groups is 1. The number of anilines is 1. The molecule has 0 aromatic heterocycles. The van der Waals surface area contributed by atoms with Gasteiger partial charge in [-0.1, -0.05) is 29.3 Å². The van der Waals surface area contributed by atoms with E-state index in [9.17, 15) is 4.79 Å². The molecule has 1 unspecified atom stereocenters. The van der Waals surface area contributed by atoms with Gasteiger partial charge in [-0.05, 0) is 48.6 Å². The average Bonchev–Trinajstić information content (AvgIpc) is 2.73. The standard InChI is InChI=1S/C18H14Cl2N2OS/c19-12-1-4-14(5-2-12)22-17(23)9-11-7-8-24-16-10-13(20)3-6-15(16)18(11)21-22/h1-6,10-11H,7-9H2. The molecule has 0 saturated carbocycles. The normalized spacial score (nSPS) is 20.1. The van der Waals surface area contributed by atoms with Gasteiger partial charge in [0, 0.05) is 32.8 Å². The van der Waals surface area contributed by atoms with Crippen LogP contribution in [0, 0.1) is 5.92 Å². The van der Waals surface area contributed by atoms with Gasteiger partial charge in [-0.25, -0.2) is 5.01 Å². The lowest BCUT2D eigenvalue weighted by atomic mass is 9.90. The van der Waals surface area contributed by atoms with E-state index >= 15 is 0 Å². The average molecular weight is 377 g/mol. The molecule has 2 aliphatic heterocycles. The number of benzene rings is 2. The number of hydrogen-bond acceptors (Lipinski definition) is 3. The molecule has 2 aromatic carbocycles. The van der Waals surface area contributed by atoms with Gasteiger partial charge < -0.3 is 0 Å². The maximum atomic E-state index is 12.6. The van der Waals surface area contributed by atoms with Crippen molar-refractivity contribution in [2.24, 2.45) is 11.0 Å². The molecule has 24 heavy (non-hydrogen) atoms. The van der Waals surface area contributed by atoms with Crippen LogP contribution in [0.15, 0.2) is 52.5 Å². The summed E-state index contributed by atoms with van der Waals surface area (Å²) in [7, 11) is 0. The van der Waals surface area contributed by atoms with Crippen molar-refractivity contribution in [1.29, 1.82) is 0 Å². The van der Waals surface area contributed by atoms with Gasteiger partial charge in [0.1, 0.15) is 0 Å². The molecule has 0 fully saturated rings. The van der Waals surface area contributed by atoms with Crippen molar-refractivity contribution in [3.8, 4) is 0 Å². The summed E-state index contributed by atoms with van der Waals surface area (Å²) < 4.78 is 0. The third kappa shape index (κ3) is 2.94. The Balaban J connectivity index is 1.81. The quantitative estimate of drug-likeness (QED) is 0.680. The van der Waals surface area contributed by atoms with Crippen LogP contribution in [0.25, 0.3) is 0 Å². The van der Waals surface area contributed by atoms with Gasteiger partial charge in [0.05, 0.1) is 11.4 Å². The second-order valence-electron chi connectivity index (χ2n) is 5.85. The van der Waals surface area contributed by atoms with Crippen molar-refractivity contribution >= 4 is 52.3 Å². The molecule has 0 radical (unpaired) electrons. The van der Waals surface area contributed by atoms with E-state index in [4.69, 9.17) is 28.3 Å². The van der Waals surface area contributed by atoms with Gasteiger partial charge in [-0.2, -0.15) is 5.10 Å². The van der Waals surface area contributed by atoms with E-state index in [-0.39, 0.29) is 11.8 Å². The maximum absolute atomic E-state index is 12.6. The Morgan fingerprint density at radius 1 is 1.08 bits per heavy atom. The molecule has 0 spiro atoms. The minimum Gasteiger partial charge on any atom is -0.273 e. The molecule has 0 saturated heterocycles. The number of fused-ring (bicyclic) bond motifs is 3. The van der Waals surface area contributed by atoms with Crippen LogP contribution < -0.4 is 5.01 Å². The second-order valence-corrected chi connectivity index (χ2v) is 7.86. The fraction of sp³-hybridized carbons (Fsp3) is 0.222. The third-order valence-corrected chi connectivity index (χ3v) is 5.84. The van der Waals surface area contributed by atoms with Crippen LogP contribution >= 0.6 is 35.0 Å². The molecule has 2 aliphatic rings. The highest BCUT2D eigenvalue weighted by Gasteiger charge is 2.33. The Bertz CT molecular complexity index is 835. The lowest BCUT2D eigenvalue weighted by Crippen LogP contribution is -2.37. The molecule has 0 bridgehead atoms. The zero-order valence-electron chi connectivity index (χ0n) is 12.7. The van der Waals surface area contributed by atoms with Gasteiger partial charge in [-0.15, -0.1) is 11.8 Å². The largest absolute Gasteiger partial charge is 0.273 e. The Morgan fingerprint density at radius 3 is 2.62 bits per heavy atom. The zero-order chi connectivity index (χ0) is 16.7.